The third-order valence-electron chi connectivity index (χ3n) is 4.67. The minimum atomic E-state index is -1.09. The lowest BCUT2D eigenvalue weighted by atomic mass is 10.1. The number of rotatable bonds is 7. The first-order valence-electron chi connectivity index (χ1n) is 9.86. The lowest BCUT2D eigenvalue weighted by molar-refractivity contribution is -0.137. The van der Waals surface area contributed by atoms with Crippen LogP contribution in [0.2, 0.25) is 0 Å². The second-order valence-electron chi connectivity index (χ2n) is 7.09. The summed E-state index contributed by atoms with van der Waals surface area (Å²) in [5.41, 5.74) is 2.26. The maximum atomic E-state index is 12.6. The minimum Gasteiger partial charge on any atom is -0.480 e. The zero-order chi connectivity index (χ0) is 23.3. The Morgan fingerprint density at radius 2 is 1.81 bits per heavy atom. The highest BCUT2D eigenvalue weighted by Crippen LogP contribution is 2.26. The van der Waals surface area contributed by atoms with Gasteiger partial charge in [-0.15, -0.1) is 0 Å². The molecule has 0 aliphatic carbocycles. The molecule has 2 aromatic rings. The molecule has 0 spiro atoms. The second kappa shape index (κ2) is 9.73. The molecule has 0 radical (unpaired) electrons. The Balaban J connectivity index is 1.62. The number of anilines is 1. The van der Waals surface area contributed by atoms with Crippen LogP contribution in [0.1, 0.15) is 45.2 Å². The number of carboxylic acids is 1. The Morgan fingerprint density at radius 1 is 1.12 bits per heavy atom. The molecule has 4 N–H and O–H groups in total. The molecule has 10 nitrogen and oxygen atoms in total. The Morgan fingerprint density at radius 3 is 2.47 bits per heavy atom. The zero-order valence-corrected chi connectivity index (χ0v) is 17.3. The predicted octanol–water partition coefficient (Wildman–Crippen LogP) is 2.44. The molecule has 3 rings (SSSR count). The van der Waals surface area contributed by atoms with Crippen LogP contribution in [0.15, 0.2) is 42.5 Å². The first-order chi connectivity index (χ1) is 15.3. The molecule has 0 saturated carbocycles. The van der Waals surface area contributed by atoms with Crippen LogP contribution in [-0.4, -0.2) is 52.9 Å². The molecule has 0 aromatic heterocycles. The third-order valence-corrected chi connectivity index (χ3v) is 4.67. The van der Waals surface area contributed by atoms with Gasteiger partial charge in [0.15, 0.2) is 0 Å². The lowest BCUT2D eigenvalue weighted by Gasteiger charge is -2.11. The van der Waals surface area contributed by atoms with E-state index in [1.165, 1.54) is 29.2 Å². The zero-order valence-electron chi connectivity index (χ0n) is 17.3. The number of alkyl carbamates (subject to hydrolysis) is 1. The normalized spacial score (nSPS) is 12.2. The van der Waals surface area contributed by atoms with E-state index in [-0.39, 0.29) is 31.4 Å². The molecule has 2 aromatic carbocycles. The average Bonchev–Trinajstić information content (AvgIpc) is 3.06. The van der Waals surface area contributed by atoms with Gasteiger partial charge in [-0.05, 0) is 42.3 Å². The van der Waals surface area contributed by atoms with Crippen molar-refractivity contribution >= 4 is 35.4 Å². The van der Waals surface area contributed by atoms with Gasteiger partial charge in [0.25, 0.3) is 11.8 Å². The highest BCUT2D eigenvalue weighted by Gasteiger charge is 2.28. The molecule has 0 atom stereocenters. The summed E-state index contributed by atoms with van der Waals surface area (Å²) >= 11 is 0. The van der Waals surface area contributed by atoms with Gasteiger partial charge in [0, 0.05) is 28.9 Å². The van der Waals surface area contributed by atoms with Crippen molar-refractivity contribution in [2.75, 3.05) is 18.5 Å². The molecule has 0 fully saturated rings. The standard InChI is InChI=1S/C22H22N4O6/c1-2-9-32-22(31)25-19(23)13-3-5-14(6-4-13)20(29)24-16-7-8-17-15(10-16)11-26(21(17)30)12-18(27)28/h3-8,10H,2,9,11-12H2,1H3,(H,24,29)(H,27,28)(H2,23,25,31). The van der Waals surface area contributed by atoms with E-state index in [1.807, 2.05) is 6.92 Å². The van der Waals surface area contributed by atoms with Crippen molar-refractivity contribution in [3.63, 3.8) is 0 Å². The number of carboxylic acid groups (broad SMARTS) is 1. The van der Waals surface area contributed by atoms with E-state index >= 15 is 0 Å². The summed E-state index contributed by atoms with van der Waals surface area (Å²) in [5, 5.41) is 21.9. The van der Waals surface area contributed by atoms with Crippen LogP contribution in [-0.2, 0) is 16.1 Å². The van der Waals surface area contributed by atoms with E-state index in [1.54, 1.807) is 18.2 Å². The van der Waals surface area contributed by atoms with Crippen LogP contribution in [0, 0.1) is 5.41 Å². The number of hydrogen-bond acceptors (Lipinski definition) is 6. The van der Waals surface area contributed by atoms with Crippen molar-refractivity contribution in [1.29, 1.82) is 5.41 Å². The van der Waals surface area contributed by atoms with Gasteiger partial charge in [0.1, 0.15) is 12.4 Å². The highest BCUT2D eigenvalue weighted by molar-refractivity contribution is 6.07. The highest BCUT2D eigenvalue weighted by atomic mass is 16.5. The molecule has 166 valence electrons. The minimum absolute atomic E-state index is 0.146. The van der Waals surface area contributed by atoms with Gasteiger partial charge in [-0.3, -0.25) is 25.1 Å². The van der Waals surface area contributed by atoms with Crippen LogP contribution >= 0.6 is 0 Å². The van der Waals surface area contributed by atoms with Crippen LogP contribution < -0.4 is 10.6 Å². The smallest absolute Gasteiger partial charge is 0.412 e. The molecule has 3 amide bonds. The van der Waals surface area contributed by atoms with E-state index < -0.39 is 18.0 Å². The van der Waals surface area contributed by atoms with Crippen LogP contribution in [0.5, 0.6) is 0 Å². The van der Waals surface area contributed by atoms with Gasteiger partial charge in [-0.1, -0.05) is 19.1 Å². The third kappa shape index (κ3) is 5.28. The summed E-state index contributed by atoms with van der Waals surface area (Å²) in [5.74, 6) is -1.99. The number of amidine groups is 1. The number of nitrogens with zero attached hydrogens (tertiary/aromatic N) is 1. The Labute approximate surface area is 183 Å². The maximum Gasteiger partial charge on any atom is 0.412 e. The van der Waals surface area contributed by atoms with Gasteiger partial charge < -0.3 is 20.1 Å². The van der Waals surface area contributed by atoms with Crippen molar-refractivity contribution in [2.45, 2.75) is 19.9 Å². The van der Waals surface area contributed by atoms with E-state index in [0.717, 1.165) is 0 Å². The van der Waals surface area contributed by atoms with E-state index in [4.69, 9.17) is 15.3 Å². The van der Waals surface area contributed by atoms with Crippen molar-refractivity contribution in [2.24, 2.45) is 0 Å². The van der Waals surface area contributed by atoms with Crippen molar-refractivity contribution in [3.05, 3.63) is 64.7 Å². The lowest BCUT2D eigenvalue weighted by Crippen LogP contribution is -2.31. The number of benzene rings is 2. The topological polar surface area (TPSA) is 149 Å². The number of carbonyl (C=O) groups excluding carboxylic acids is 3. The van der Waals surface area contributed by atoms with Gasteiger partial charge in [-0.25, -0.2) is 4.79 Å². The first-order valence-corrected chi connectivity index (χ1v) is 9.86. The Kier molecular flexibility index (Phi) is 6.83. The number of amides is 3. The molecule has 10 heteroatoms. The SMILES string of the molecule is CCCOC(=O)NC(=N)c1ccc(C(=O)Nc2ccc3c(c2)CN(CC(=O)O)C3=O)cc1. The van der Waals surface area contributed by atoms with E-state index in [0.29, 0.717) is 34.4 Å². The van der Waals surface area contributed by atoms with Gasteiger partial charge in [0.2, 0.25) is 0 Å². The Bertz CT molecular complexity index is 1080. The molecule has 0 unspecified atom stereocenters. The van der Waals surface area contributed by atoms with Crippen molar-refractivity contribution in [1.82, 2.24) is 10.2 Å². The molecule has 32 heavy (non-hydrogen) atoms. The molecular formula is C22H22N4O6. The fraction of sp³-hybridized carbons (Fsp3) is 0.227. The number of hydrogen-bond donors (Lipinski definition) is 4. The fourth-order valence-corrected chi connectivity index (χ4v) is 3.15. The van der Waals surface area contributed by atoms with Gasteiger partial charge in [0.05, 0.1) is 6.61 Å². The van der Waals surface area contributed by atoms with Crippen LogP contribution in [0.25, 0.3) is 0 Å². The number of ether oxygens (including phenoxy) is 1. The van der Waals surface area contributed by atoms with E-state index in [2.05, 4.69) is 10.6 Å². The summed E-state index contributed by atoms with van der Waals surface area (Å²) in [6.07, 6.45) is -0.0400. The molecule has 0 bridgehead atoms. The van der Waals surface area contributed by atoms with Crippen LogP contribution in [0.3, 0.4) is 0 Å². The number of carbonyl (C=O) groups is 4. The molecule has 1 heterocycles. The van der Waals surface area contributed by atoms with Crippen LogP contribution in [0.4, 0.5) is 10.5 Å². The van der Waals surface area contributed by atoms with Crippen molar-refractivity contribution < 1.29 is 29.0 Å². The summed E-state index contributed by atoms with van der Waals surface area (Å²) < 4.78 is 4.87. The van der Waals surface area contributed by atoms with Gasteiger partial charge >= 0.3 is 12.1 Å². The maximum absolute atomic E-state index is 12.6. The predicted molar refractivity (Wildman–Crippen MR) is 115 cm³/mol. The van der Waals surface area contributed by atoms with E-state index in [9.17, 15) is 19.2 Å². The molecule has 1 aliphatic rings. The summed E-state index contributed by atoms with van der Waals surface area (Å²) in [6, 6.07) is 10.9. The largest absolute Gasteiger partial charge is 0.480 e. The molecular weight excluding hydrogens is 416 g/mol. The summed E-state index contributed by atoms with van der Waals surface area (Å²) in [4.78, 5) is 48.4. The quantitative estimate of drug-likeness (QED) is 0.385. The summed E-state index contributed by atoms with van der Waals surface area (Å²) in [7, 11) is 0. The summed E-state index contributed by atoms with van der Waals surface area (Å²) in [6.45, 7) is 1.89. The first kappa shape index (κ1) is 22.5. The number of nitrogens with one attached hydrogen (secondary N) is 3. The fourth-order valence-electron chi connectivity index (χ4n) is 3.15. The molecule has 1 aliphatic heterocycles. The monoisotopic (exact) mass is 438 g/mol. The molecule has 0 saturated heterocycles. The van der Waals surface area contributed by atoms with Gasteiger partial charge in [-0.2, -0.15) is 0 Å². The average molecular weight is 438 g/mol. The number of fused-ring (bicyclic) bond motifs is 1. The second-order valence-corrected chi connectivity index (χ2v) is 7.09. The van der Waals surface area contributed by atoms with Crippen molar-refractivity contribution in [3.8, 4) is 0 Å². The Hall–Kier alpha value is -4.21. The number of aliphatic carboxylic acids is 1.